The first kappa shape index (κ1) is 13.6. The molecular weight excluding hydrogens is 272 g/mol. The first-order valence-corrected chi connectivity index (χ1v) is 7.27. The zero-order chi connectivity index (χ0) is 13.8. The molecule has 2 unspecified atom stereocenters. The van der Waals surface area contributed by atoms with Crippen molar-refractivity contribution in [3.05, 3.63) is 60.2 Å². The molecule has 1 aliphatic heterocycles. The normalized spacial score (nSPS) is 20.6. The Bertz CT molecular complexity index is 533. The van der Waals surface area contributed by atoms with E-state index in [0.717, 1.165) is 5.56 Å². The zero-order valence-corrected chi connectivity index (χ0v) is 11.9. The first-order chi connectivity index (χ1) is 9.84. The Hall–Kier alpha value is -1.35. The molecule has 0 saturated carbocycles. The van der Waals surface area contributed by atoms with Crippen LogP contribution in [0.25, 0.3) is 11.1 Å². The standard InChI is InChI=1S/C17H17ClO2/c18-17(16-12-19-10-11-20-16)15-8-6-14(7-9-15)13-4-2-1-3-5-13/h1-9,16-17H,10-12H2. The number of ether oxygens (including phenoxy) is 2. The minimum atomic E-state index is -0.167. The molecule has 2 nitrogen and oxygen atoms in total. The molecule has 104 valence electrons. The molecule has 0 aromatic heterocycles. The molecule has 20 heavy (non-hydrogen) atoms. The van der Waals surface area contributed by atoms with Gasteiger partial charge in [-0.3, -0.25) is 0 Å². The molecule has 3 rings (SSSR count). The Morgan fingerprint density at radius 1 is 0.900 bits per heavy atom. The van der Waals surface area contributed by atoms with Crippen molar-refractivity contribution in [2.45, 2.75) is 11.5 Å². The molecule has 0 radical (unpaired) electrons. The van der Waals surface area contributed by atoms with Crippen LogP contribution >= 0.6 is 11.6 Å². The zero-order valence-electron chi connectivity index (χ0n) is 11.2. The summed E-state index contributed by atoms with van der Waals surface area (Å²) in [6.45, 7) is 1.84. The largest absolute Gasteiger partial charge is 0.376 e. The second-order valence-electron chi connectivity index (χ2n) is 4.87. The van der Waals surface area contributed by atoms with E-state index in [0.29, 0.717) is 19.8 Å². The van der Waals surface area contributed by atoms with Crippen molar-refractivity contribution in [3.63, 3.8) is 0 Å². The van der Waals surface area contributed by atoms with Crippen molar-refractivity contribution in [1.82, 2.24) is 0 Å². The summed E-state index contributed by atoms with van der Waals surface area (Å²) in [6, 6.07) is 18.6. The Morgan fingerprint density at radius 2 is 1.60 bits per heavy atom. The fourth-order valence-corrected chi connectivity index (χ4v) is 2.67. The van der Waals surface area contributed by atoms with Crippen molar-refractivity contribution in [2.75, 3.05) is 19.8 Å². The van der Waals surface area contributed by atoms with Crippen LogP contribution in [0.15, 0.2) is 54.6 Å². The lowest BCUT2D eigenvalue weighted by Gasteiger charge is -2.27. The number of benzene rings is 2. The van der Waals surface area contributed by atoms with Crippen LogP contribution in [0.5, 0.6) is 0 Å². The monoisotopic (exact) mass is 288 g/mol. The number of halogens is 1. The van der Waals surface area contributed by atoms with Gasteiger partial charge in [-0.25, -0.2) is 0 Å². The van der Waals surface area contributed by atoms with Gasteiger partial charge in [0.05, 0.1) is 25.2 Å². The fourth-order valence-electron chi connectivity index (χ4n) is 2.38. The molecule has 0 aliphatic carbocycles. The van der Waals surface area contributed by atoms with E-state index in [2.05, 4.69) is 36.4 Å². The van der Waals surface area contributed by atoms with E-state index in [1.165, 1.54) is 11.1 Å². The summed E-state index contributed by atoms with van der Waals surface area (Å²) < 4.78 is 11.1. The van der Waals surface area contributed by atoms with Gasteiger partial charge < -0.3 is 9.47 Å². The second kappa shape index (κ2) is 6.40. The Balaban J connectivity index is 1.75. The van der Waals surface area contributed by atoms with Gasteiger partial charge in [0.15, 0.2) is 0 Å². The van der Waals surface area contributed by atoms with Gasteiger partial charge in [0, 0.05) is 0 Å². The van der Waals surface area contributed by atoms with Crippen molar-refractivity contribution in [3.8, 4) is 11.1 Å². The number of alkyl halides is 1. The van der Waals surface area contributed by atoms with E-state index in [1.807, 2.05) is 18.2 Å². The fraction of sp³-hybridized carbons (Fsp3) is 0.294. The van der Waals surface area contributed by atoms with Crippen LogP contribution in [0.4, 0.5) is 0 Å². The molecule has 0 N–H and O–H groups in total. The number of rotatable bonds is 3. The second-order valence-corrected chi connectivity index (χ2v) is 5.34. The van der Waals surface area contributed by atoms with Gasteiger partial charge in [0.2, 0.25) is 0 Å². The maximum absolute atomic E-state index is 6.48. The van der Waals surface area contributed by atoms with E-state index in [4.69, 9.17) is 21.1 Å². The van der Waals surface area contributed by atoms with Crippen LogP contribution in [0.3, 0.4) is 0 Å². The van der Waals surface area contributed by atoms with E-state index in [9.17, 15) is 0 Å². The maximum Gasteiger partial charge on any atom is 0.101 e. The number of hydrogen-bond acceptors (Lipinski definition) is 2. The van der Waals surface area contributed by atoms with Crippen molar-refractivity contribution < 1.29 is 9.47 Å². The van der Waals surface area contributed by atoms with Crippen LogP contribution < -0.4 is 0 Å². The lowest BCUT2D eigenvalue weighted by molar-refractivity contribution is -0.0892. The van der Waals surface area contributed by atoms with Crippen LogP contribution in [0.2, 0.25) is 0 Å². The predicted molar refractivity (Wildman–Crippen MR) is 81.0 cm³/mol. The highest BCUT2D eigenvalue weighted by Gasteiger charge is 2.24. The number of hydrogen-bond donors (Lipinski definition) is 0. The average molecular weight is 289 g/mol. The highest BCUT2D eigenvalue weighted by Crippen LogP contribution is 2.29. The van der Waals surface area contributed by atoms with Crippen LogP contribution in [-0.2, 0) is 9.47 Å². The van der Waals surface area contributed by atoms with Crippen molar-refractivity contribution in [2.24, 2.45) is 0 Å². The van der Waals surface area contributed by atoms with Gasteiger partial charge in [-0.1, -0.05) is 54.6 Å². The predicted octanol–water partition coefficient (Wildman–Crippen LogP) is 4.05. The topological polar surface area (TPSA) is 18.5 Å². The van der Waals surface area contributed by atoms with Gasteiger partial charge in [0.25, 0.3) is 0 Å². The smallest absolute Gasteiger partial charge is 0.101 e. The molecule has 2 aromatic rings. The molecule has 2 atom stereocenters. The molecule has 0 spiro atoms. The van der Waals surface area contributed by atoms with E-state index >= 15 is 0 Å². The van der Waals surface area contributed by atoms with E-state index < -0.39 is 0 Å². The summed E-state index contributed by atoms with van der Waals surface area (Å²) in [5, 5.41) is -0.167. The van der Waals surface area contributed by atoms with Crippen LogP contribution in [0, 0.1) is 0 Å². The van der Waals surface area contributed by atoms with Gasteiger partial charge in [-0.05, 0) is 16.7 Å². The summed E-state index contributed by atoms with van der Waals surface area (Å²) in [5.74, 6) is 0. The molecule has 0 bridgehead atoms. The third-order valence-electron chi connectivity index (χ3n) is 3.50. The molecule has 1 fully saturated rings. The lowest BCUT2D eigenvalue weighted by atomic mass is 10.0. The third-order valence-corrected chi connectivity index (χ3v) is 4.04. The molecule has 1 aliphatic rings. The summed E-state index contributed by atoms with van der Waals surface area (Å²) >= 11 is 6.48. The molecule has 1 saturated heterocycles. The molecule has 0 amide bonds. The maximum atomic E-state index is 6.48. The van der Waals surface area contributed by atoms with Crippen molar-refractivity contribution >= 4 is 11.6 Å². The summed E-state index contributed by atoms with van der Waals surface area (Å²) in [5.41, 5.74) is 3.48. The lowest BCUT2D eigenvalue weighted by Crippen LogP contribution is -2.31. The van der Waals surface area contributed by atoms with Gasteiger partial charge >= 0.3 is 0 Å². The Kier molecular flexibility index (Phi) is 4.36. The minimum absolute atomic E-state index is 0.0620. The van der Waals surface area contributed by atoms with Crippen LogP contribution in [0.1, 0.15) is 10.9 Å². The van der Waals surface area contributed by atoms with Crippen molar-refractivity contribution in [1.29, 1.82) is 0 Å². The van der Waals surface area contributed by atoms with Gasteiger partial charge in [-0.2, -0.15) is 0 Å². The first-order valence-electron chi connectivity index (χ1n) is 6.83. The Labute approximate surface area is 124 Å². The summed E-state index contributed by atoms with van der Waals surface area (Å²) in [6.07, 6.45) is -0.0620. The summed E-state index contributed by atoms with van der Waals surface area (Å²) in [7, 11) is 0. The quantitative estimate of drug-likeness (QED) is 0.793. The molecule has 2 aromatic carbocycles. The Morgan fingerprint density at radius 3 is 2.25 bits per heavy atom. The van der Waals surface area contributed by atoms with E-state index in [1.54, 1.807) is 0 Å². The summed E-state index contributed by atoms with van der Waals surface area (Å²) in [4.78, 5) is 0. The van der Waals surface area contributed by atoms with Gasteiger partial charge in [0.1, 0.15) is 6.10 Å². The van der Waals surface area contributed by atoms with E-state index in [-0.39, 0.29) is 11.5 Å². The SMILES string of the molecule is ClC(c1ccc(-c2ccccc2)cc1)C1COCCO1. The van der Waals surface area contributed by atoms with Crippen LogP contribution in [-0.4, -0.2) is 25.9 Å². The molecular formula is C17H17ClO2. The molecule has 3 heteroatoms. The highest BCUT2D eigenvalue weighted by molar-refractivity contribution is 6.21. The molecule has 1 heterocycles. The minimum Gasteiger partial charge on any atom is -0.376 e. The van der Waals surface area contributed by atoms with Gasteiger partial charge in [-0.15, -0.1) is 11.6 Å². The third kappa shape index (κ3) is 3.04. The average Bonchev–Trinajstić information content (AvgIpc) is 2.56. The highest BCUT2D eigenvalue weighted by atomic mass is 35.5.